The third kappa shape index (κ3) is 4.15. The fraction of sp³-hybridized carbons (Fsp3) is 0. The van der Waals surface area contributed by atoms with Gasteiger partial charge in [-0.05, 0) is 94.4 Å². The van der Waals surface area contributed by atoms with Crippen molar-refractivity contribution >= 4 is 54.4 Å². The van der Waals surface area contributed by atoms with Crippen LogP contribution < -0.4 is 0 Å². The van der Waals surface area contributed by atoms with E-state index < -0.39 is 0 Å². The number of hydrogen-bond donors (Lipinski definition) is 0. The van der Waals surface area contributed by atoms with Crippen molar-refractivity contribution in [3.63, 3.8) is 0 Å². The molecule has 12 rings (SSSR count). The van der Waals surface area contributed by atoms with Crippen LogP contribution in [0, 0.1) is 0 Å². The van der Waals surface area contributed by atoms with E-state index >= 15 is 0 Å². The minimum Gasteiger partial charge on any atom is -0.309 e. The molecule has 1 aliphatic rings. The Balaban J connectivity index is 1.05. The third-order valence-electron chi connectivity index (χ3n) is 11.4. The first-order valence-corrected chi connectivity index (χ1v) is 18.6. The van der Waals surface area contributed by atoms with Gasteiger partial charge in [0.15, 0.2) is 0 Å². The summed E-state index contributed by atoms with van der Waals surface area (Å²) in [4.78, 5) is 5.32. The summed E-state index contributed by atoms with van der Waals surface area (Å²) in [7, 11) is 0. The normalized spacial score (nSPS) is 12.1. The van der Waals surface area contributed by atoms with E-state index in [0.717, 1.165) is 28.3 Å². The smallest absolute Gasteiger partial charge is 0.0800 e. The second-order valence-corrected chi connectivity index (χ2v) is 14.4. The van der Waals surface area contributed by atoms with E-state index in [0.29, 0.717) is 0 Å². The van der Waals surface area contributed by atoms with Crippen molar-refractivity contribution in [2.24, 2.45) is 0 Å². The number of aromatic nitrogens is 3. The number of nitrogens with zero attached hydrogens (tertiary/aromatic N) is 3. The maximum Gasteiger partial charge on any atom is 0.0800 e. The quantitative estimate of drug-likeness (QED) is 0.181. The lowest BCUT2D eigenvalue weighted by Gasteiger charge is -2.10. The van der Waals surface area contributed by atoms with Crippen LogP contribution in [0.2, 0.25) is 0 Å². The van der Waals surface area contributed by atoms with Crippen LogP contribution in [-0.2, 0) is 0 Å². The Bertz CT molecular complexity index is 3270. The first-order valence-electron chi connectivity index (χ1n) is 18.6. The molecule has 0 aliphatic heterocycles. The standard InChI is InChI=1S/C51H31N3/c1-2-15-36(16-3-1)53-48-26-24-33(29-43(48)44-31-37(25-27-49(44)53)54-46-22-8-6-18-39(46)40-19-7-9-23-47(40)54)32-12-10-13-34(28-32)45-30-35-14-11-21-41-38-17-4-5-20-42(38)51(52-45)50(35)41/h1-31H. The second kappa shape index (κ2) is 11.1. The zero-order chi connectivity index (χ0) is 35.3. The fourth-order valence-corrected chi connectivity index (χ4v) is 9.05. The molecular formula is C51H31N3. The molecule has 1 aliphatic carbocycles. The number of pyridine rings is 1. The van der Waals surface area contributed by atoms with E-state index in [1.807, 2.05) is 0 Å². The van der Waals surface area contributed by atoms with Gasteiger partial charge in [0.2, 0.25) is 0 Å². The van der Waals surface area contributed by atoms with Gasteiger partial charge in [-0.15, -0.1) is 0 Å². The van der Waals surface area contributed by atoms with E-state index in [4.69, 9.17) is 4.98 Å². The molecule has 54 heavy (non-hydrogen) atoms. The molecule has 0 bridgehead atoms. The Morgan fingerprint density at radius 2 is 0.926 bits per heavy atom. The third-order valence-corrected chi connectivity index (χ3v) is 11.4. The van der Waals surface area contributed by atoms with Gasteiger partial charge < -0.3 is 9.13 Å². The molecule has 250 valence electrons. The molecule has 0 unspecified atom stereocenters. The highest BCUT2D eigenvalue weighted by atomic mass is 15.0. The topological polar surface area (TPSA) is 22.8 Å². The van der Waals surface area contributed by atoms with Crippen LogP contribution in [0.15, 0.2) is 188 Å². The lowest BCUT2D eigenvalue weighted by molar-refractivity contribution is 1.17. The van der Waals surface area contributed by atoms with Crippen LogP contribution >= 0.6 is 0 Å². The number of fused-ring (bicyclic) bond motifs is 9. The molecule has 11 aromatic rings. The maximum absolute atomic E-state index is 5.32. The zero-order valence-corrected chi connectivity index (χ0v) is 29.2. The lowest BCUT2D eigenvalue weighted by atomic mass is 9.98. The van der Waals surface area contributed by atoms with Crippen LogP contribution in [0.4, 0.5) is 0 Å². The van der Waals surface area contributed by atoms with Crippen LogP contribution in [0.1, 0.15) is 0 Å². The van der Waals surface area contributed by atoms with Gasteiger partial charge in [-0.25, -0.2) is 4.98 Å². The predicted molar refractivity (Wildman–Crippen MR) is 226 cm³/mol. The van der Waals surface area contributed by atoms with Crippen LogP contribution in [0.5, 0.6) is 0 Å². The Kier molecular flexibility index (Phi) is 6.05. The number of para-hydroxylation sites is 3. The summed E-state index contributed by atoms with van der Waals surface area (Å²) in [6.07, 6.45) is 0. The molecule has 0 atom stereocenters. The van der Waals surface area contributed by atoms with Crippen molar-refractivity contribution in [1.29, 1.82) is 0 Å². The summed E-state index contributed by atoms with van der Waals surface area (Å²) in [5, 5.41) is 7.45. The number of benzene rings is 8. The first kappa shape index (κ1) is 29.4. The van der Waals surface area contributed by atoms with Crippen molar-refractivity contribution in [2.75, 3.05) is 0 Å². The number of rotatable bonds is 4. The van der Waals surface area contributed by atoms with Gasteiger partial charge in [0, 0.05) is 49.4 Å². The molecule has 3 heterocycles. The van der Waals surface area contributed by atoms with Gasteiger partial charge >= 0.3 is 0 Å². The molecule has 3 aromatic heterocycles. The molecule has 0 radical (unpaired) electrons. The zero-order valence-electron chi connectivity index (χ0n) is 29.2. The molecule has 0 saturated carbocycles. The second-order valence-electron chi connectivity index (χ2n) is 14.4. The molecule has 0 amide bonds. The SMILES string of the molecule is c1ccc(-n2c3ccc(-c4cccc(-c5cc6cccc7c6c(n5)-c5ccccc5-7)c4)cc3c3cc(-n4c5ccccc5c5ccccc54)ccc32)cc1. The van der Waals surface area contributed by atoms with E-state index in [1.165, 1.54) is 82.2 Å². The summed E-state index contributed by atoms with van der Waals surface area (Å²) in [6, 6.07) is 68.4. The van der Waals surface area contributed by atoms with E-state index in [2.05, 4.69) is 197 Å². The fourth-order valence-electron chi connectivity index (χ4n) is 9.05. The highest BCUT2D eigenvalue weighted by molar-refractivity contribution is 6.15. The van der Waals surface area contributed by atoms with Crippen LogP contribution in [-0.4, -0.2) is 14.1 Å². The van der Waals surface area contributed by atoms with E-state index in [-0.39, 0.29) is 0 Å². The van der Waals surface area contributed by atoms with Gasteiger partial charge in [0.1, 0.15) is 0 Å². The number of hydrogen-bond acceptors (Lipinski definition) is 1. The van der Waals surface area contributed by atoms with Crippen molar-refractivity contribution < 1.29 is 0 Å². The average molecular weight is 686 g/mol. The van der Waals surface area contributed by atoms with Gasteiger partial charge in [-0.1, -0.05) is 121 Å². The molecule has 3 nitrogen and oxygen atoms in total. The Labute approximate surface area is 311 Å². The minimum atomic E-state index is 0.991. The summed E-state index contributed by atoms with van der Waals surface area (Å²) >= 11 is 0. The summed E-state index contributed by atoms with van der Waals surface area (Å²) in [6.45, 7) is 0. The van der Waals surface area contributed by atoms with E-state index in [9.17, 15) is 0 Å². The van der Waals surface area contributed by atoms with Gasteiger partial charge in [-0.2, -0.15) is 0 Å². The summed E-state index contributed by atoms with van der Waals surface area (Å²) < 4.78 is 4.81. The monoisotopic (exact) mass is 685 g/mol. The van der Waals surface area contributed by atoms with Gasteiger partial charge in [-0.3, -0.25) is 0 Å². The molecule has 0 saturated heterocycles. The largest absolute Gasteiger partial charge is 0.309 e. The van der Waals surface area contributed by atoms with E-state index in [1.54, 1.807) is 0 Å². The Morgan fingerprint density at radius 1 is 0.333 bits per heavy atom. The highest BCUT2D eigenvalue weighted by Crippen LogP contribution is 2.47. The summed E-state index contributed by atoms with van der Waals surface area (Å²) in [5.74, 6) is 0. The molecule has 3 heteroatoms. The highest BCUT2D eigenvalue weighted by Gasteiger charge is 2.23. The molecule has 8 aromatic carbocycles. The molecule has 0 fully saturated rings. The van der Waals surface area contributed by atoms with Gasteiger partial charge in [0.05, 0.1) is 33.5 Å². The molecule has 0 N–H and O–H groups in total. The first-order chi connectivity index (χ1) is 26.8. The molecular weight excluding hydrogens is 655 g/mol. The van der Waals surface area contributed by atoms with Crippen molar-refractivity contribution in [1.82, 2.24) is 14.1 Å². The summed E-state index contributed by atoms with van der Waals surface area (Å²) in [5.41, 5.74) is 16.4. The van der Waals surface area contributed by atoms with Gasteiger partial charge in [0.25, 0.3) is 0 Å². The predicted octanol–water partition coefficient (Wildman–Crippen LogP) is 13.4. The van der Waals surface area contributed by atoms with Crippen molar-refractivity contribution in [3.8, 4) is 56.1 Å². The van der Waals surface area contributed by atoms with Crippen LogP contribution in [0.3, 0.4) is 0 Å². The van der Waals surface area contributed by atoms with Crippen LogP contribution in [0.25, 0.3) is 111 Å². The average Bonchev–Trinajstić information content (AvgIpc) is 3.87. The minimum absolute atomic E-state index is 0.991. The molecule has 0 spiro atoms. The lowest BCUT2D eigenvalue weighted by Crippen LogP contribution is -1.95. The maximum atomic E-state index is 5.32. The van der Waals surface area contributed by atoms with Crippen molar-refractivity contribution in [3.05, 3.63) is 188 Å². The Morgan fingerprint density at radius 3 is 1.74 bits per heavy atom. The Hall–Kier alpha value is -7.23. The van der Waals surface area contributed by atoms with Crippen molar-refractivity contribution in [2.45, 2.75) is 0 Å².